The van der Waals surface area contributed by atoms with Gasteiger partial charge in [-0.1, -0.05) is 6.08 Å². The van der Waals surface area contributed by atoms with Gasteiger partial charge in [-0.3, -0.25) is 0 Å². The second kappa shape index (κ2) is 8.28. The molecule has 6 nitrogen and oxygen atoms in total. The zero-order chi connectivity index (χ0) is 20.2. The molecule has 6 heteroatoms. The minimum atomic E-state index is -0.681. The van der Waals surface area contributed by atoms with Crippen molar-refractivity contribution in [1.82, 2.24) is 0 Å². The molecule has 0 bridgehead atoms. The lowest BCUT2D eigenvalue weighted by Gasteiger charge is -2.41. The van der Waals surface area contributed by atoms with Crippen molar-refractivity contribution < 1.29 is 19.0 Å². The summed E-state index contributed by atoms with van der Waals surface area (Å²) in [6, 6.07) is 5.78. The maximum atomic E-state index is 12.1. The molecule has 0 atom stereocenters. The third-order valence-corrected chi connectivity index (χ3v) is 4.73. The number of nitrogens with zero attached hydrogens (tertiary/aromatic N) is 2. The average molecular weight is 370 g/mol. The number of methoxy groups -OCH3 is 2. The summed E-state index contributed by atoms with van der Waals surface area (Å²) in [7, 11) is 5.12. The van der Waals surface area contributed by atoms with Crippen LogP contribution in [0.15, 0.2) is 23.8 Å². The third kappa shape index (κ3) is 4.32. The van der Waals surface area contributed by atoms with E-state index in [4.69, 9.17) is 14.2 Å². The summed E-state index contributed by atoms with van der Waals surface area (Å²) in [5, 5.41) is 9.37. The second-order valence-corrected chi connectivity index (χ2v) is 6.95. The summed E-state index contributed by atoms with van der Waals surface area (Å²) >= 11 is 0. The number of carbonyl (C=O) groups is 1. The number of anilines is 1. The number of likely N-dealkylation sites (N-methyl/N-ethyl adjacent to an activating group) is 1. The van der Waals surface area contributed by atoms with Gasteiger partial charge in [-0.25, -0.2) is 4.79 Å². The number of carbonyl (C=O) groups excluding carboxylic acids is 1. The molecule has 2 rings (SSSR count). The van der Waals surface area contributed by atoms with Crippen LogP contribution >= 0.6 is 0 Å². The summed E-state index contributed by atoms with van der Waals surface area (Å²) in [5.74, 6) is -0.0941. The molecule has 0 N–H and O–H groups in total. The molecule has 144 valence electrons. The van der Waals surface area contributed by atoms with Crippen LogP contribution in [-0.2, 0) is 14.3 Å². The van der Waals surface area contributed by atoms with Gasteiger partial charge in [-0.2, -0.15) is 5.26 Å². The molecular weight excluding hydrogens is 344 g/mol. The summed E-state index contributed by atoms with van der Waals surface area (Å²) in [6.45, 7) is 6.71. The molecule has 0 amide bonds. The van der Waals surface area contributed by atoms with E-state index in [2.05, 4.69) is 31.7 Å². The van der Waals surface area contributed by atoms with Gasteiger partial charge in [0.05, 0.1) is 19.3 Å². The monoisotopic (exact) mass is 370 g/mol. The van der Waals surface area contributed by atoms with Crippen molar-refractivity contribution >= 4 is 23.3 Å². The zero-order valence-electron chi connectivity index (χ0n) is 16.8. The molecule has 0 fully saturated rings. The van der Waals surface area contributed by atoms with Crippen LogP contribution in [0, 0.1) is 11.3 Å². The van der Waals surface area contributed by atoms with Gasteiger partial charge in [-0.15, -0.1) is 0 Å². The Kier molecular flexibility index (Phi) is 6.29. The third-order valence-electron chi connectivity index (χ3n) is 4.73. The number of esters is 1. The highest BCUT2D eigenvalue weighted by molar-refractivity contribution is 5.98. The Morgan fingerprint density at radius 2 is 2.00 bits per heavy atom. The first-order valence-electron chi connectivity index (χ1n) is 8.68. The lowest BCUT2D eigenvalue weighted by atomic mass is 9.88. The van der Waals surface area contributed by atoms with E-state index in [1.54, 1.807) is 7.11 Å². The highest BCUT2D eigenvalue weighted by Crippen LogP contribution is 2.41. The molecule has 1 aromatic carbocycles. The molecule has 1 aliphatic rings. The van der Waals surface area contributed by atoms with E-state index in [1.165, 1.54) is 13.2 Å². The van der Waals surface area contributed by atoms with Crippen molar-refractivity contribution in [3.05, 3.63) is 34.9 Å². The number of nitriles is 1. The highest BCUT2D eigenvalue weighted by atomic mass is 16.6. The standard InChI is InChI=1S/C21H26N2O4/c1-14-12-21(2,3)23(4)18-11-19(26-6)15(10-17(14)18)9-16(13-22)20(24)27-8-7-25-5/h9-12H,7-8H2,1-6H3/b16-9-. The smallest absolute Gasteiger partial charge is 0.348 e. The number of hydrogen-bond donors (Lipinski definition) is 0. The van der Waals surface area contributed by atoms with Gasteiger partial charge < -0.3 is 19.1 Å². The van der Waals surface area contributed by atoms with E-state index in [0.717, 1.165) is 16.8 Å². The fourth-order valence-electron chi connectivity index (χ4n) is 3.07. The van der Waals surface area contributed by atoms with Crippen LogP contribution in [0.25, 0.3) is 11.6 Å². The van der Waals surface area contributed by atoms with Gasteiger partial charge >= 0.3 is 5.97 Å². The van der Waals surface area contributed by atoms with E-state index in [9.17, 15) is 10.1 Å². The Balaban J connectivity index is 2.48. The molecule has 0 radical (unpaired) electrons. The molecule has 0 saturated heterocycles. The molecule has 1 aromatic rings. The van der Waals surface area contributed by atoms with Crippen LogP contribution in [0.4, 0.5) is 5.69 Å². The fourth-order valence-corrected chi connectivity index (χ4v) is 3.07. The van der Waals surface area contributed by atoms with Gasteiger partial charge in [0.2, 0.25) is 0 Å². The van der Waals surface area contributed by atoms with E-state index >= 15 is 0 Å². The van der Waals surface area contributed by atoms with Crippen LogP contribution in [0.2, 0.25) is 0 Å². The van der Waals surface area contributed by atoms with Crippen molar-refractivity contribution in [1.29, 1.82) is 5.26 Å². The van der Waals surface area contributed by atoms with Crippen molar-refractivity contribution in [2.75, 3.05) is 39.4 Å². The van der Waals surface area contributed by atoms with E-state index < -0.39 is 5.97 Å². The molecule has 0 unspecified atom stereocenters. The van der Waals surface area contributed by atoms with Crippen LogP contribution in [0.5, 0.6) is 5.75 Å². The molecule has 0 saturated carbocycles. The van der Waals surface area contributed by atoms with E-state index in [1.807, 2.05) is 25.2 Å². The predicted molar refractivity (Wildman–Crippen MR) is 106 cm³/mol. The lowest BCUT2D eigenvalue weighted by Crippen LogP contribution is -2.42. The zero-order valence-corrected chi connectivity index (χ0v) is 16.8. The Bertz CT molecular complexity index is 831. The number of allylic oxidation sites excluding steroid dienone is 1. The minimum Gasteiger partial charge on any atom is -0.496 e. The number of fused-ring (bicyclic) bond motifs is 1. The van der Waals surface area contributed by atoms with Crippen LogP contribution in [0.1, 0.15) is 31.9 Å². The van der Waals surface area contributed by atoms with Gasteiger partial charge in [-0.05, 0) is 38.5 Å². The molecule has 27 heavy (non-hydrogen) atoms. The maximum absolute atomic E-state index is 12.1. The summed E-state index contributed by atoms with van der Waals surface area (Å²) < 4.78 is 15.4. The normalized spacial score (nSPS) is 15.5. The van der Waals surface area contributed by atoms with E-state index in [0.29, 0.717) is 11.3 Å². The predicted octanol–water partition coefficient (Wildman–Crippen LogP) is 3.42. The van der Waals surface area contributed by atoms with Crippen molar-refractivity contribution in [2.24, 2.45) is 0 Å². The van der Waals surface area contributed by atoms with Crippen LogP contribution in [0.3, 0.4) is 0 Å². The fraction of sp³-hybridized carbons (Fsp3) is 0.429. The van der Waals surface area contributed by atoms with E-state index in [-0.39, 0.29) is 24.3 Å². The first-order chi connectivity index (χ1) is 12.7. The molecule has 0 aromatic heterocycles. The molecule has 1 heterocycles. The summed E-state index contributed by atoms with van der Waals surface area (Å²) in [6.07, 6.45) is 3.70. The summed E-state index contributed by atoms with van der Waals surface area (Å²) in [5.41, 5.74) is 3.64. The van der Waals surface area contributed by atoms with Crippen molar-refractivity contribution in [2.45, 2.75) is 26.3 Å². The SMILES string of the molecule is COCCOC(=O)/C(C#N)=C\c1cc2c(cc1OC)N(C)C(C)(C)C=C2C. The van der Waals surface area contributed by atoms with Crippen LogP contribution < -0.4 is 9.64 Å². The quantitative estimate of drug-likeness (QED) is 0.331. The molecule has 1 aliphatic heterocycles. The Morgan fingerprint density at radius 1 is 1.30 bits per heavy atom. The first kappa shape index (κ1) is 20.5. The molecule has 0 spiro atoms. The Hall–Kier alpha value is -2.78. The van der Waals surface area contributed by atoms with Crippen molar-refractivity contribution in [3.63, 3.8) is 0 Å². The number of ether oxygens (including phenoxy) is 3. The summed E-state index contributed by atoms with van der Waals surface area (Å²) in [4.78, 5) is 14.3. The number of rotatable bonds is 6. The lowest BCUT2D eigenvalue weighted by molar-refractivity contribution is -0.139. The minimum absolute atomic E-state index is 0.0875. The van der Waals surface area contributed by atoms with Gasteiger partial charge in [0.15, 0.2) is 0 Å². The first-order valence-corrected chi connectivity index (χ1v) is 8.68. The topological polar surface area (TPSA) is 71.8 Å². The Labute approximate surface area is 160 Å². The largest absolute Gasteiger partial charge is 0.496 e. The average Bonchev–Trinajstić information content (AvgIpc) is 2.63. The second-order valence-electron chi connectivity index (χ2n) is 6.95. The number of benzene rings is 1. The van der Waals surface area contributed by atoms with Gasteiger partial charge in [0.1, 0.15) is 24.0 Å². The van der Waals surface area contributed by atoms with Gasteiger partial charge in [0.25, 0.3) is 0 Å². The highest BCUT2D eigenvalue weighted by Gasteiger charge is 2.29. The molecule has 0 aliphatic carbocycles. The Morgan fingerprint density at radius 3 is 2.59 bits per heavy atom. The van der Waals surface area contributed by atoms with Crippen LogP contribution in [-0.4, -0.2) is 46.0 Å². The van der Waals surface area contributed by atoms with Gasteiger partial charge in [0, 0.05) is 37.0 Å². The number of hydrogen-bond acceptors (Lipinski definition) is 6. The molecular formula is C21H26N2O4. The maximum Gasteiger partial charge on any atom is 0.348 e. The van der Waals surface area contributed by atoms with Crippen molar-refractivity contribution in [3.8, 4) is 11.8 Å².